The average molecular weight is 352 g/mol. The molecule has 26 heavy (non-hydrogen) atoms. The summed E-state index contributed by atoms with van der Waals surface area (Å²) in [6.07, 6.45) is 0.670. The second-order valence-electron chi connectivity index (χ2n) is 6.66. The van der Waals surface area contributed by atoms with E-state index < -0.39 is 0 Å². The van der Waals surface area contributed by atoms with Crippen LogP contribution in [0.2, 0.25) is 0 Å². The molecule has 2 unspecified atom stereocenters. The average Bonchev–Trinajstić information content (AvgIpc) is 3.05. The van der Waals surface area contributed by atoms with Crippen LogP contribution in [0.25, 0.3) is 0 Å². The van der Waals surface area contributed by atoms with Gasteiger partial charge in [-0.1, -0.05) is 48.5 Å². The molecule has 1 N–H and O–H groups in total. The molecule has 136 valence electrons. The maximum absolute atomic E-state index is 12.4. The Kier molecular flexibility index (Phi) is 6.02. The van der Waals surface area contributed by atoms with Gasteiger partial charge in [0.05, 0.1) is 12.5 Å². The Bertz CT molecular complexity index is 733. The number of carbonyl (C=O) groups is 2. The van der Waals surface area contributed by atoms with Gasteiger partial charge in [0, 0.05) is 18.3 Å². The van der Waals surface area contributed by atoms with Crippen molar-refractivity contribution in [3.05, 3.63) is 66.2 Å². The number of nitrogens with zero attached hydrogens (tertiary/aromatic N) is 1. The van der Waals surface area contributed by atoms with E-state index in [-0.39, 0.29) is 30.4 Å². The molecule has 2 atom stereocenters. The molecule has 2 aromatic carbocycles. The van der Waals surface area contributed by atoms with E-state index >= 15 is 0 Å². The van der Waals surface area contributed by atoms with Crippen LogP contribution in [-0.4, -0.2) is 35.9 Å². The molecule has 1 heterocycles. The molecule has 1 aliphatic rings. The summed E-state index contributed by atoms with van der Waals surface area (Å²) < 4.78 is 5.54. The van der Waals surface area contributed by atoms with Crippen molar-refractivity contribution in [2.45, 2.75) is 26.0 Å². The molecule has 0 radical (unpaired) electrons. The molecule has 1 aliphatic heterocycles. The molecule has 5 nitrogen and oxygen atoms in total. The molecular formula is C21H24N2O3. The van der Waals surface area contributed by atoms with Crippen LogP contribution in [0.5, 0.6) is 0 Å². The van der Waals surface area contributed by atoms with Crippen LogP contribution < -0.4 is 5.32 Å². The summed E-state index contributed by atoms with van der Waals surface area (Å²) in [6, 6.07) is 19.2. The topological polar surface area (TPSA) is 58.6 Å². The third kappa shape index (κ3) is 4.70. The van der Waals surface area contributed by atoms with Crippen LogP contribution in [0, 0.1) is 5.92 Å². The smallest absolute Gasteiger partial charge is 0.248 e. The highest BCUT2D eigenvalue weighted by Crippen LogP contribution is 2.24. The molecular weight excluding hydrogens is 328 g/mol. The molecule has 5 heteroatoms. The number of anilines is 1. The number of rotatable bonds is 6. The highest BCUT2D eigenvalue weighted by molar-refractivity contribution is 5.93. The highest BCUT2D eigenvalue weighted by Gasteiger charge is 2.36. The molecule has 0 aliphatic carbocycles. The van der Waals surface area contributed by atoms with Crippen LogP contribution in [0.4, 0.5) is 5.69 Å². The summed E-state index contributed by atoms with van der Waals surface area (Å²) in [6.45, 7) is 2.86. The van der Waals surface area contributed by atoms with E-state index in [2.05, 4.69) is 5.32 Å². The summed E-state index contributed by atoms with van der Waals surface area (Å²) in [5, 5.41) is 2.92. The lowest BCUT2D eigenvalue weighted by atomic mass is 10.1. The number of ether oxygens (including phenoxy) is 1. The Morgan fingerprint density at radius 2 is 1.73 bits per heavy atom. The van der Waals surface area contributed by atoms with Gasteiger partial charge in [0.25, 0.3) is 0 Å². The van der Waals surface area contributed by atoms with E-state index in [0.717, 1.165) is 11.3 Å². The molecule has 3 rings (SSSR count). The largest absolute Gasteiger partial charge is 0.367 e. The number of carbonyl (C=O) groups excluding carboxylic acids is 2. The number of amides is 2. The summed E-state index contributed by atoms with van der Waals surface area (Å²) in [5.41, 5.74) is 1.82. The van der Waals surface area contributed by atoms with Gasteiger partial charge >= 0.3 is 0 Å². The summed E-state index contributed by atoms with van der Waals surface area (Å²) in [7, 11) is 0. The van der Waals surface area contributed by atoms with E-state index in [9.17, 15) is 9.59 Å². The van der Waals surface area contributed by atoms with Gasteiger partial charge in [-0.3, -0.25) is 9.59 Å². The number of para-hydroxylation sites is 1. The Balaban J connectivity index is 1.48. The first-order chi connectivity index (χ1) is 12.6. The number of benzene rings is 2. The molecule has 2 amide bonds. The quantitative estimate of drug-likeness (QED) is 0.869. The number of hydrogen-bond acceptors (Lipinski definition) is 3. The molecule has 0 aromatic heterocycles. The molecule has 0 bridgehead atoms. The number of nitrogens with one attached hydrogen (secondary N) is 1. The fourth-order valence-electron chi connectivity index (χ4n) is 3.25. The predicted octanol–water partition coefficient (Wildman–Crippen LogP) is 3.08. The van der Waals surface area contributed by atoms with Gasteiger partial charge < -0.3 is 15.0 Å². The Morgan fingerprint density at radius 3 is 2.42 bits per heavy atom. The predicted molar refractivity (Wildman–Crippen MR) is 100 cm³/mol. The summed E-state index contributed by atoms with van der Waals surface area (Å²) in [4.78, 5) is 26.6. The van der Waals surface area contributed by atoms with Crippen molar-refractivity contribution in [2.75, 3.05) is 18.5 Å². The van der Waals surface area contributed by atoms with Crippen molar-refractivity contribution in [1.82, 2.24) is 4.90 Å². The highest BCUT2D eigenvalue weighted by atomic mass is 16.5. The Labute approximate surface area is 154 Å². The molecule has 0 saturated carbocycles. The zero-order chi connectivity index (χ0) is 18.4. The maximum Gasteiger partial charge on any atom is 0.248 e. The second kappa shape index (κ2) is 8.63. The lowest BCUT2D eigenvalue weighted by molar-refractivity contribution is -0.137. The van der Waals surface area contributed by atoms with Crippen LogP contribution in [-0.2, 0) is 20.9 Å². The maximum atomic E-state index is 12.4. The Hall–Kier alpha value is -2.66. The fraction of sp³-hybridized carbons (Fsp3) is 0.333. The van der Waals surface area contributed by atoms with Gasteiger partial charge in [-0.15, -0.1) is 0 Å². The van der Waals surface area contributed by atoms with Gasteiger partial charge in [-0.05, 0) is 31.0 Å². The monoisotopic (exact) mass is 352 g/mol. The zero-order valence-corrected chi connectivity index (χ0v) is 14.9. The normalized spacial score (nSPS) is 19.3. The van der Waals surface area contributed by atoms with Crippen LogP contribution in [0.15, 0.2) is 60.7 Å². The van der Waals surface area contributed by atoms with Gasteiger partial charge in [-0.25, -0.2) is 0 Å². The van der Waals surface area contributed by atoms with E-state index in [1.165, 1.54) is 0 Å². The van der Waals surface area contributed by atoms with E-state index in [4.69, 9.17) is 4.74 Å². The van der Waals surface area contributed by atoms with Crippen molar-refractivity contribution in [3.8, 4) is 0 Å². The molecule has 1 fully saturated rings. The van der Waals surface area contributed by atoms with E-state index in [1.54, 1.807) is 4.90 Å². The van der Waals surface area contributed by atoms with Gasteiger partial charge in [-0.2, -0.15) is 0 Å². The first-order valence-corrected chi connectivity index (χ1v) is 8.90. The zero-order valence-electron chi connectivity index (χ0n) is 14.9. The minimum atomic E-state index is -0.191. The van der Waals surface area contributed by atoms with Gasteiger partial charge in [0.2, 0.25) is 11.8 Å². The van der Waals surface area contributed by atoms with Gasteiger partial charge in [0.1, 0.15) is 6.61 Å². The standard InChI is InChI=1S/C21H24N2O3/c1-16-12-18(21(25)22-19-10-6-3-7-11-19)13-23(16)20(24)15-26-14-17-8-4-2-5-9-17/h2-11,16,18H,12-15H2,1H3,(H,22,25). The first kappa shape index (κ1) is 18.1. The van der Waals surface area contributed by atoms with Crippen LogP contribution >= 0.6 is 0 Å². The van der Waals surface area contributed by atoms with E-state index in [1.807, 2.05) is 67.6 Å². The SMILES string of the molecule is CC1CC(C(=O)Nc2ccccc2)CN1C(=O)COCc1ccccc1. The molecule has 2 aromatic rings. The third-order valence-corrected chi connectivity index (χ3v) is 4.64. The van der Waals surface area contributed by atoms with Crippen molar-refractivity contribution in [2.24, 2.45) is 5.92 Å². The van der Waals surface area contributed by atoms with Gasteiger partial charge in [0.15, 0.2) is 0 Å². The lowest BCUT2D eigenvalue weighted by Gasteiger charge is -2.21. The number of likely N-dealkylation sites (tertiary alicyclic amines) is 1. The molecule has 0 spiro atoms. The Morgan fingerprint density at radius 1 is 1.08 bits per heavy atom. The second-order valence-corrected chi connectivity index (χ2v) is 6.66. The van der Waals surface area contributed by atoms with Crippen LogP contribution in [0.3, 0.4) is 0 Å². The minimum absolute atomic E-state index is 0.0340. The lowest BCUT2D eigenvalue weighted by Crippen LogP contribution is -2.37. The van der Waals surface area contributed by atoms with Crippen molar-refractivity contribution >= 4 is 17.5 Å². The fourth-order valence-corrected chi connectivity index (χ4v) is 3.25. The number of hydrogen-bond donors (Lipinski definition) is 1. The summed E-state index contributed by atoms with van der Waals surface area (Å²) in [5.74, 6) is -0.296. The first-order valence-electron chi connectivity index (χ1n) is 8.90. The minimum Gasteiger partial charge on any atom is -0.367 e. The van der Waals surface area contributed by atoms with Crippen molar-refractivity contribution in [1.29, 1.82) is 0 Å². The van der Waals surface area contributed by atoms with Crippen molar-refractivity contribution in [3.63, 3.8) is 0 Å². The van der Waals surface area contributed by atoms with Crippen LogP contribution in [0.1, 0.15) is 18.9 Å². The third-order valence-electron chi connectivity index (χ3n) is 4.64. The molecule has 1 saturated heterocycles. The summed E-state index contributed by atoms with van der Waals surface area (Å²) >= 11 is 0. The van der Waals surface area contributed by atoms with E-state index in [0.29, 0.717) is 19.6 Å². The van der Waals surface area contributed by atoms with Crippen molar-refractivity contribution < 1.29 is 14.3 Å².